The average Bonchev–Trinajstić information content (AvgIpc) is 2.96. The van der Waals surface area contributed by atoms with Crippen LogP contribution in [0.3, 0.4) is 0 Å². The lowest BCUT2D eigenvalue weighted by atomic mass is 9.98. The molecular weight excluding hydrogens is 401 g/mol. The van der Waals surface area contributed by atoms with Crippen molar-refractivity contribution >= 4 is 40.4 Å². The predicted molar refractivity (Wildman–Crippen MR) is 113 cm³/mol. The highest BCUT2D eigenvalue weighted by Crippen LogP contribution is 2.26. The van der Waals surface area contributed by atoms with Crippen LogP contribution in [0.1, 0.15) is 48.3 Å². The molecule has 146 valence electrons. The smallest absolute Gasteiger partial charge is 0.253 e. The largest absolute Gasteiger partial charge is 0.337 e. The van der Waals surface area contributed by atoms with Gasteiger partial charge in [-0.05, 0) is 24.6 Å². The standard InChI is InChI=1S/C20H25Cl2N3OS/c1-20(2,3)19-23-15(13-27-19)12-24-7-4-8-25(10-9-24)18(26)14-5-6-16(21)17(22)11-14/h5-6,11,13H,4,7-10,12H2,1-3H3. The second-order valence-electron chi connectivity index (χ2n) is 7.94. The molecule has 0 N–H and O–H groups in total. The lowest BCUT2D eigenvalue weighted by molar-refractivity contribution is 0.0761. The third-order valence-electron chi connectivity index (χ3n) is 4.62. The molecule has 3 rings (SSSR count). The molecule has 0 unspecified atom stereocenters. The molecule has 2 heterocycles. The highest BCUT2D eigenvalue weighted by Gasteiger charge is 2.22. The van der Waals surface area contributed by atoms with Gasteiger partial charge in [-0.1, -0.05) is 44.0 Å². The molecule has 2 aromatic rings. The fourth-order valence-corrected chi connectivity index (χ4v) is 4.29. The molecular formula is C20H25Cl2N3OS. The molecule has 0 bridgehead atoms. The molecule has 0 radical (unpaired) electrons. The van der Waals surface area contributed by atoms with Crippen LogP contribution in [0.2, 0.25) is 10.0 Å². The summed E-state index contributed by atoms with van der Waals surface area (Å²) >= 11 is 13.7. The summed E-state index contributed by atoms with van der Waals surface area (Å²) < 4.78 is 0. The van der Waals surface area contributed by atoms with Crippen molar-refractivity contribution in [2.45, 2.75) is 39.2 Å². The number of thiazole rings is 1. The molecule has 7 heteroatoms. The quantitative estimate of drug-likeness (QED) is 0.686. The number of aromatic nitrogens is 1. The number of carbonyl (C=O) groups excluding carboxylic acids is 1. The molecule has 4 nitrogen and oxygen atoms in total. The van der Waals surface area contributed by atoms with Crippen LogP contribution in [0, 0.1) is 0 Å². The normalized spacial score (nSPS) is 16.4. The Morgan fingerprint density at radius 3 is 2.59 bits per heavy atom. The van der Waals surface area contributed by atoms with Crippen LogP contribution in [0.15, 0.2) is 23.6 Å². The van der Waals surface area contributed by atoms with Gasteiger partial charge in [0, 0.05) is 49.1 Å². The summed E-state index contributed by atoms with van der Waals surface area (Å²) in [4.78, 5) is 21.9. The van der Waals surface area contributed by atoms with Crippen molar-refractivity contribution in [1.29, 1.82) is 0 Å². The van der Waals surface area contributed by atoms with Gasteiger partial charge in [0.1, 0.15) is 0 Å². The molecule has 0 spiro atoms. The van der Waals surface area contributed by atoms with Crippen LogP contribution < -0.4 is 0 Å². The van der Waals surface area contributed by atoms with Crippen LogP contribution >= 0.6 is 34.5 Å². The Hall–Kier alpha value is -1.14. The molecule has 0 aliphatic carbocycles. The minimum Gasteiger partial charge on any atom is -0.337 e. The fraction of sp³-hybridized carbons (Fsp3) is 0.500. The van der Waals surface area contributed by atoms with Crippen LogP contribution in [-0.4, -0.2) is 46.9 Å². The molecule has 1 aliphatic heterocycles. The third-order valence-corrected chi connectivity index (χ3v) is 6.68. The maximum atomic E-state index is 12.8. The van der Waals surface area contributed by atoms with Crippen molar-refractivity contribution in [1.82, 2.24) is 14.8 Å². The van der Waals surface area contributed by atoms with Crippen molar-refractivity contribution in [2.75, 3.05) is 26.2 Å². The van der Waals surface area contributed by atoms with Gasteiger partial charge in [-0.25, -0.2) is 4.98 Å². The molecule has 1 saturated heterocycles. The number of halogens is 2. The first-order chi connectivity index (χ1) is 12.7. The molecule has 1 amide bonds. The van der Waals surface area contributed by atoms with Gasteiger partial charge >= 0.3 is 0 Å². The Kier molecular flexibility index (Phi) is 6.46. The number of rotatable bonds is 3. The first kappa shape index (κ1) is 20.6. The minimum atomic E-state index is 0.0130. The average molecular weight is 426 g/mol. The topological polar surface area (TPSA) is 36.4 Å². The molecule has 1 aromatic carbocycles. The van der Waals surface area contributed by atoms with Gasteiger partial charge in [-0.15, -0.1) is 11.3 Å². The van der Waals surface area contributed by atoms with E-state index in [1.54, 1.807) is 29.5 Å². The van der Waals surface area contributed by atoms with E-state index in [0.717, 1.165) is 38.3 Å². The van der Waals surface area contributed by atoms with E-state index in [0.29, 0.717) is 22.2 Å². The first-order valence-corrected chi connectivity index (χ1v) is 10.8. The van der Waals surface area contributed by atoms with Crippen molar-refractivity contribution in [2.24, 2.45) is 0 Å². The zero-order valence-corrected chi connectivity index (χ0v) is 18.3. The summed E-state index contributed by atoms with van der Waals surface area (Å²) in [6.45, 7) is 10.7. The lowest BCUT2D eigenvalue weighted by Crippen LogP contribution is -2.35. The van der Waals surface area contributed by atoms with Crippen LogP contribution in [-0.2, 0) is 12.0 Å². The molecule has 1 aliphatic rings. The van der Waals surface area contributed by atoms with E-state index >= 15 is 0 Å². The summed E-state index contributed by atoms with van der Waals surface area (Å²) in [6.07, 6.45) is 0.948. The SMILES string of the molecule is CC(C)(C)c1nc(CN2CCCN(C(=O)c3ccc(Cl)c(Cl)c3)CC2)cs1. The summed E-state index contributed by atoms with van der Waals surface area (Å²) in [5, 5.41) is 4.21. The zero-order chi connectivity index (χ0) is 19.6. The van der Waals surface area contributed by atoms with Crippen LogP contribution in [0.5, 0.6) is 0 Å². The Balaban J connectivity index is 1.60. The van der Waals surface area contributed by atoms with Crippen molar-refractivity contribution in [3.05, 3.63) is 49.9 Å². The van der Waals surface area contributed by atoms with Gasteiger partial charge in [0.2, 0.25) is 0 Å². The van der Waals surface area contributed by atoms with E-state index < -0.39 is 0 Å². The van der Waals surface area contributed by atoms with E-state index in [4.69, 9.17) is 28.2 Å². The number of nitrogens with zero attached hydrogens (tertiary/aromatic N) is 3. The highest BCUT2D eigenvalue weighted by molar-refractivity contribution is 7.09. The van der Waals surface area contributed by atoms with E-state index in [9.17, 15) is 4.79 Å². The monoisotopic (exact) mass is 425 g/mol. The number of carbonyl (C=O) groups is 1. The second-order valence-corrected chi connectivity index (χ2v) is 9.62. The van der Waals surface area contributed by atoms with Crippen molar-refractivity contribution in [3.8, 4) is 0 Å². The Morgan fingerprint density at radius 2 is 1.93 bits per heavy atom. The molecule has 27 heavy (non-hydrogen) atoms. The predicted octanol–water partition coefficient (Wildman–Crippen LogP) is 5.10. The van der Waals surface area contributed by atoms with Gasteiger partial charge in [0.15, 0.2) is 0 Å². The van der Waals surface area contributed by atoms with E-state index in [2.05, 4.69) is 31.1 Å². The molecule has 0 atom stereocenters. The van der Waals surface area contributed by atoms with Crippen LogP contribution in [0.25, 0.3) is 0 Å². The Labute approximate surface area is 175 Å². The summed E-state index contributed by atoms with van der Waals surface area (Å²) in [5.41, 5.74) is 1.80. The first-order valence-electron chi connectivity index (χ1n) is 9.15. The van der Waals surface area contributed by atoms with Gasteiger partial charge in [0.05, 0.1) is 20.7 Å². The zero-order valence-electron chi connectivity index (χ0n) is 16.0. The van der Waals surface area contributed by atoms with Gasteiger partial charge in [0.25, 0.3) is 5.91 Å². The maximum Gasteiger partial charge on any atom is 0.253 e. The Morgan fingerprint density at radius 1 is 1.15 bits per heavy atom. The van der Waals surface area contributed by atoms with E-state index in [1.807, 2.05) is 4.90 Å². The molecule has 1 aromatic heterocycles. The van der Waals surface area contributed by atoms with Crippen molar-refractivity contribution in [3.63, 3.8) is 0 Å². The molecule has 0 saturated carbocycles. The maximum absolute atomic E-state index is 12.8. The van der Waals surface area contributed by atoms with Gasteiger partial charge in [-0.3, -0.25) is 9.69 Å². The van der Waals surface area contributed by atoms with Gasteiger partial charge < -0.3 is 4.90 Å². The minimum absolute atomic E-state index is 0.0130. The third kappa shape index (κ3) is 5.23. The second kappa shape index (κ2) is 8.48. The number of benzene rings is 1. The van der Waals surface area contributed by atoms with Crippen molar-refractivity contribution < 1.29 is 4.79 Å². The fourth-order valence-electron chi connectivity index (χ4n) is 3.10. The van der Waals surface area contributed by atoms with E-state index in [-0.39, 0.29) is 11.3 Å². The Bertz CT molecular complexity index is 816. The number of hydrogen-bond acceptors (Lipinski definition) is 4. The summed E-state index contributed by atoms with van der Waals surface area (Å²) in [5.74, 6) is 0.0130. The summed E-state index contributed by atoms with van der Waals surface area (Å²) in [7, 11) is 0. The highest BCUT2D eigenvalue weighted by atomic mass is 35.5. The summed E-state index contributed by atoms with van der Waals surface area (Å²) in [6, 6.07) is 5.07. The van der Waals surface area contributed by atoms with E-state index in [1.165, 1.54) is 5.01 Å². The number of hydrogen-bond donors (Lipinski definition) is 0. The molecule has 1 fully saturated rings. The van der Waals surface area contributed by atoms with Gasteiger partial charge in [-0.2, -0.15) is 0 Å². The lowest BCUT2D eigenvalue weighted by Gasteiger charge is -2.22. The number of amides is 1. The van der Waals surface area contributed by atoms with Crippen LogP contribution in [0.4, 0.5) is 0 Å².